The predicted octanol–water partition coefficient (Wildman–Crippen LogP) is 5.83. The van der Waals surface area contributed by atoms with Crippen LogP contribution in [0, 0.1) is 6.92 Å². The van der Waals surface area contributed by atoms with Crippen LogP contribution in [0.4, 0.5) is 18.9 Å². The van der Waals surface area contributed by atoms with Gasteiger partial charge in [-0.05, 0) is 73.4 Å². The van der Waals surface area contributed by atoms with Gasteiger partial charge in [-0.1, -0.05) is 30.3 Å². The van der Waals surface area contributed by atoms with Crippen molar-refractivity contribution < 1.29 is 40.6 Å². The highest BCUT2D eigenvalue weighted by Gasteiger charge is 2.34. The summed E-state index contributed by atoms with van der Waals surface area (Å²) >= 11 is 0. The summed E-state index contributed by atoms with van der Waals surface area (Å²) in [5.74, 6) is -0.336. The number of hydrogen-bond donors (Lipinski definition) is 1. The maximum atomic E-state index is 13.7. The second-order valence-corrected chi connectivity index (χ2v) is 11.9. The summed E-state index contributed by atoms with van der Waals surface area (Å²) in [5, 5.41) is 9.53. The number of para-hydroxylation sites is 1. The number of carboxylic acids is 1. The number of halogens is 3. The van der Waals surface area contributed by atoms with Gasteiger partial charge in [0.2, 0.25) is 5.89 Å². The van der Waals surface area contributed by atoms with E-state index < -0.39 is 34.5 Å². The van der Waals surface area contributed by atoms with E-state index in [0.29, 0.717) is 40.4 Å². The molecule has 2 heterocycles. The molecular formula is C30H28F3N3O6S. The smallest absolute Gasteiger partial charge is 0.416 e. The molecule has 0 saturated carbocycles. The average molecular weight is 616 g/mol. The van der Waals surface area contributed by atoms with Crippen molar-refractivity contribution in [1.82, 2.24) is 9.29 Å². The number of hydrogen-bond acceptors (Lipinski definition) is 6. The SMILES string of the molecule is Cc1oc(-c2ccc(C(F)(F)F)cc2)nc1COc1cccc(CN(CC(=O)O)S(=O)(=O)N2CCCc3ccccc32)c1. The Kier molecular flexibility index (Phi) is 8.47. The molecule has 0 atom stereocenters. The monoisotopic (exact) mass is 615 g/mol. The molecule has 0 fully saturated rings. The molecule has 1 aliphatic rings. The lowest BCUT2D eigenvalue weighted by Crippen LogP contribution is -2.47. The molecule has 0 aliphatic carbocycles. The summed E-state index contributed by atoms with van der Waals surface area (Å²) in [4.78, 5) is 16.0. The number of aromatic nitrogens is 1. The molecule has 1 N–H and O–H groups in total. The van der Waals surface area contributed by atoms with Crippen LogP contribution >= 0.6 is 0 Å². The van der Waals surface area contributed by atoms with Gasteiger partial charge in [0.25, 0.3) is 0 Å². The van der Waals surface area contributed by atoms with Crippen molar-refractivity contribution in [1.29, 1.82) is 0 Å². The number of carbonyl (C=O) groups is 1. The lowest BCUT2D eigenvalue weighted by molar-refractivity contribution is -0.138. The molecule has 1 aliphatic heterocycles. The molecule has 43 heavy (non-hydrogen) atoms. The highest BCUT2D eigenvalue weighted by atomic mass is 32.2. The second-order valence-electron chi connectivity index (χ2n) is 10.0. The van der Waals surface area contributed by atoms with E-state index in [1.54, 1.807) is 43.3 Å². The minimum atomic E-state index is -4.45. The number of nitrogens with zero attached hydrogens (tertiary/aromatic N) is 3. The first kappa shape index (κ1) is 30.1. The van der Waals surface area contributed by atoms with Gasteiger partial charge in [-0.15, -0.1) is 0 Å². The van der Waals surface area contributed by atoms with Crippen LogP contribution in [0.1, 0.15) is 34.6 Å². The molecule has 4 aromatic rings. The van der Waals surface area contributed by atoms with Crippen molar-refractivity contribution in [3.8, 4) is 17.2 Å². The molecule has 0 spiro atoms. The number of aliphatic carboxylic acids is 1. The van der Waals surface area contributed by atoms with Crippen LogP contribution in [-0.4, -0.2) is 41.9 Å². The van der Waals surface area contributed by atoms with Gasteiger partial charge in [0.1, 0.15) is 30.4 Å². The first-order chi connectivity index (χ1) is 20.4. The molecule has 0 radical (unpaired) electrons. The standard InChI is InChI=1S/C30H28F3N3O6S/c1-20-26(34-29(42-20)23-11-13-24(14-12-23)30(31,32)33)19-41-25-9-4-6-21(16-25)17-35(18-28(37)38)43(39,40)36-15-5-8-22-7-2-3-10-27(22)36/h2-4,6-7,9-14,16H,5,8,15,17-19H2,1H3,(H,37,38). The number of oxazole rings is 1. The van der Waals surface area contributed by atoms with Crippen molar-refractivity contribution in [3.63, 3.8) is 0 Å². The number of aryl methyl sites for hydroxylation is 2. The molecule has 1 aromatic heterocycles. The molecule has 0 unspecified atom stereocenters. The van der Waals surface area contributed by atoms with Crippen LogP contribution < -0.4 is 9.04 Å². The molecule has 9 nitrogen and oxygen atoms in total. The number of fused-ring (bicyclic) bond motifs is 1. The Morgan fingerprint density at radius 1 is 1.09 bits per heavy atom. The number of benzene rings is 3. The zero-order valence-corrected chi connectivity index (χ0v) is 23.9. The lowest BCUT2D eigenvalue weighted by Gasteiger charge is -2.34. The van der Waals surface area contributed by atoms with Crippen molar-refractivity contribution in [2.24, 2.45) is 0 Å². The summed E-state index contributed by atoms with van der Waals surface area (Å²) in [7, 11) is -4.18. The topological polar surface area (TPSA) is 113 Å². The Balaban J connectivity index is 1.30. The third-order valence-corrected chi connectivity index (χ3v) is 8.82. The van der Waals surface area contributed by atoms with Gasteiger partial charge in [-0.25, -0.2) is 4.98 Å². The average Bonchev–Trinajstić information content (AvgIpc) is 3.35. The Labute approximate surface area is 246 Å². The van der Waals surface area contributed by atoms with Gasteiger partial charge in [0, 0.05) is 18.7 Å². The van der Waals surface area contributed by atoms with Gasteiger partial charge in [0.05, 0.1) is 11.3 Å². The van der Waals surface area contributed by atoms with Gasteiger partial charge in [0.15, 0.2) is 0 Å². The number of carboxylic acid groups (broad SMARTS) is 1. The Morgan fingerprint density at radius 2 is 1.84 bits per heavy atom. The lowest BCUT2D eigenvalue weighted by atomic mass is 10.0. The molecule has 13 heteroatoms. The van der Waals surface area contributed by atoms with E-state index in [1.165, 1.54) is 16.4 Å². The fourth-order valence-corrected chi connectivity index (χ4v) is 6.48. The fraction of sp³-hybridized carbons (Fsp3) is 0.267. The Bertz CT molecular complexity index is 1720. The highest BCUT2D eigenvalue weighted by Crippen LogP contribution is 2.32. The van der Waals surface area contributed by atoms with Gasteiger partial charge < -0.3 is 14.3 Å². The van der Waals surface area contributed by atoms with Crippen LogP contribution in [0.5, 0.6) is 5.75 Å². The summed E-state index contributed by atoms with van der Waals surface area (Å²) in [6.07, 6.45) is -3.10. The van der Waals surface area contributed by atoms with E-state index in [0.717, 1.165) is 28.4 Å². The van der Waals surface area contributed by atoms with E-state index in [1.807, 2.05) is 12.1 Å². The van der Waals surface area contributed by atoms with Crippen molar-refractivity contribution in [3.05, 3.63) is 101 Å². The molecule has 226 valence electrons. The van der Waals surface area contributed by atoms with Crippen molar-refractivity contribution in [2.75, 3.05) is 17.4 Å². The number of ether oxygens (including phenoxy) is 1. The molecular weight excluding hydrogens is 587 g/mol. The summed E-state index contributed by atoms with van der Waals surface area (Å²) in [6.45, 7) is 0.941. The maximum Gasteiger partial charge on any atom is 0.416 e. The van der Waals surface area contributed by atoms with E-state index in [4.69, 9.17) is 9.15 Å². The number of alkyl halides is 3. The van der Waals surface area contributed by atoms with Crippen molar-refractivity contribution in [2.45, 2.75) is 39.1 Å². The predicted molar refractivity (Wildman–Crippen MR) is 152 cm³/mol. The van der Waals surface area contributed by atoms with E-state index in [-0.39, 0.29) is 25.6 Å². The summed E-state index contributed by atoms with van der Waals surface area (Å²) in [6, 6.07) is 18.2. The van der Waals surface area contributed by atoms with E-state index in [2.05, 4.69) is 4.98 Å². The normalized spacial score (nSPS) is 13.7. The molecule has 5 rings (SSSR count). The first-order valence-corrected chi connectivity index (χ1v) is 14.7. The summed E-state index contributed by atoms with van der Waals surface area (Å²) in [5.41, 5.74) is 1.96. The Hall–Kier alpha value is -4.36. The maximum absolute atomic E-state index is 13.7. The van der Waals surface area contributed by atoms with Crippen LogP contribution in [0.2, 0.25) is 0 Å². The van der Waals surface area contributed by atoms with Gasteiger partial charge >= 0.3 is 22.4 Å². The largest absolute Gasteiger partial charge is 0.487 e. The molecule has 0 saturated heterocycles. The number of anilines is 1. The Morgan fingerprint density at radius 3 is 2.56 bits per heavy atom. The summed E-state index contributed by atoms with van der Waals surface area (Å²) < 4.78 is 79.7. The molecule has 0 bridgehead atoms. The van der Waals surface area contributed by atoms with Crippen LogP contribution in [0.3, 0.4) is 0 Å². The zero-order valence-electron chi connectivity index (χ0n) is 23.0. The number of rotatable bonds is 10. The van der Waals surface area contributed by atoms with Crippen LogP contribution in [0.15, 0.2) is 77.2 Å². The first-order valence-electron chi connectivity index (χ1n) is 13.3. The fourth-order valence-electron chi connectivity index (χ4n) is 4.82. The van der Waals surface area contributed by atoms with Gasteiger partial charge in [-0.2, -0.15) is 25.9 Å². The van der Waals surface area contributed by atoms with Crippen LogP contribution in [-0.2, 0) is 40.8 Å². The second kappa shape index (κ2) is 12.1. The van der Waals surface area contributed by atoms with Crippen molar-refractivity contribution >= 4 is 21.9 Å². The minimum Gasteiger partial charge on any atom is -0.487 e. The third kappa shape index (κ3) is 6.83. The van der Waals surface area contributed by atoms with Gasteiger partial charge in [-0.3, -0.25) is 9.10 Å². The quantitative estimate of drug-likeness (QED) is 0.239. The highest BCUT2D eigenvalue weighted by molar-refractivity contribution is 7.90. The third-order valence-electron chi connectivity index (χ3n) is 6.97. The van der Waals surface area contributed by atoms with E-state index >= 15 is 0 Å². The zero-order chi connectivity index (χ0) is 30.8. The van der Waals surface area contributed by atoms with E-state index in [9.17, 15) is 31.5 Å². The van der Waals surface area contributed by atoms with Crippen LogP contribution in [0.25, 0.3) is 11.5 Å². The molecule has 3 aromatic carbocycles. The minimum absolute atomic E-state index is 0.0267. The molecule has 0 amide bonds.